The number of anilines is 1. The molecule has 0 spiro atoms. The second-order valence-electron chi connectivity index (χ2n) is 3.11. The summed E-state index contributed by atoms with van der Waals surface area (Å²) in [5.41, 5.74) is 0. The number of aromatic nitrogens is 1. The molecule has 1 unspecified atom stereocenters. The predicted octanol–water partition coefficient (Wildman–Crippen LogP) is 1.07. The summed E-state index contributed by atoms with van der Waals surface area (Å²) in [5.74, 6) is 0.110. The van der Waals surface area contributed by atoms with E-state index in [0.717, 1.165) is 24.9 Å². The molecule has 0 radical (unpaired) electrons. The van der Waals surface area contributed by atoms with Gasteiger partial charge in [-0.15, -0.1) is 11.3 Å². The molecule has 0 saturated carbocycles. The zero-order chi connectivity index (χ0) is 9.26. The molecule has 1 aromatic heterocycles. The fraction of sp³-hybridized carbons (Fsp3) is 0.625. The van der Waals surface area contributed by atoms with Crippen LogP contribution in [0.1, 0.15) is 6.92 Å². The van der Waals surface area contributed by atoms with Gasteiger partial charge in [0.2, 0.25) is 5.88 Å². The molecular weight excluding hydrogens is 188 g/mol. The summed E-state index contributed by atoms with van der Waals surface area (Å²) < 4.78 is 5.31. The zero-order valence-electron chi connectivity index (χ0n) is 7.43. The molecule has 0 bridgehead atoms. The van der Waals surface area contributed by atoms with E-state index in [4.69, 9.17) is 9.84 Å². The van der Waals surface area contributed by atoms with Crippen LogP contribution in [-0.4, -0.2) is 35.9 Å². The minimum atomic E-state index is 0.110. The van der Waals surface area contributed by atoms with E-state index < -0.39 is 0 Å². The Hall–Kier alpha value is -0.810. The first-order valence-corrected chi connectivity index (χ1v) is 5.14. The Bertz CT molecular complexity index is 289. The van der Waals surface area contributed by atoms with Gasteiger partial charge in [0.05, 0.1) is 24.6 Å². The third-order valence-electron chi connectivity index (χ3n) is 2.09. The molecule has 0 amide bonds. The smallest absolute Gasteiger partial charge is 0.223 e. The number of ether oxygens (including phenoxy) is 1. The lowest BCUT2D eigenvalue weighted by atomic mass is 10.3. The average Bonchev–Trinajstić information content (AvgIpc) is 2.53. The lowest BCUT2D eigenvalue weighted by molar-refractivity contribution is 0.0989. The molecule has 1 N–H and O–H groups in total. The highest BCUT2D eigenvalue weighted by Gasteiger charge is 2.21. The molecule has 72 valence electrons. The van der Waals surface area contributed by atoms with Gasteiger partial charge in [0, 0.05) is 6.54 Å². The topological polar surface area (TPSA) is 45.6 Å². The Morgan fingerprint density at radius 3 is 3.23 bits per heavy atom. The monoisotopic (exact) mass is 200 g/mol. The maximum absolute atomic E-state index is 9.11. The van der Waals surface area contributed by atoms with Gasteiger partial charge in [-0.25, -0.2) is 0 Å². The zero-order valence-corrected chi connectivity index (χ0v) is 8.25. The SMILES string of the molecule is CC1COCCN1c1nc(O)cs1. The number of rotatable bonds is 1. The summed E-state index contributed by atoms with van der Waals surface area (Å²) in [5, 5.41) is 11.6. The van der Waals surface area contributed by atoms with Crippen molar-refractivity contribution in [3.05, 3.63) is 5.38 Å². The van der Waals surface area contributed by atoms with Crippen molar-refractivity contribution in [2.75, 3.05) is 24.7 Å². The van der Waals surface area contributed by atoms with Crippen molar-refractivity contribution in [3.63, 3.8) is 0 Å². The van der Waals surface area contributed by atoms with E-state index >= 15 is 0 Å². The highest BCUT2D eigenvalue weighted by molar-refractivity contribution is 7.13. The van der Waals surface area contributed by atoms with Crippen LogP contribution in [0.5, 0.6) is 5.88 Å². The van der Waals surface area contributed by atoms with E-state index in [9.17, 15) is 0 Å². The molecule has 0 aliphatic carbocycles. The van der Waals surface area contributed by atoms with Gasteiger partial charge < -0.3 is 14.7 Å². The van der Waals surface area contributed by atoms with Crippen LogP contribution < -0.4 is 4.90 Å². The first kappa shape index (κ1) is 8.77. The number of thiazole rings is 1. The van der Waals surface area contributed by atoms with Crippen LogP contribution in [-0.2, 0) is 4.74 Å². The Labute approximate surface area is 80.8 Å². The fourth-order valence-electron chi connectivity index (χ4n) is 1.40. The maximum Gasteiger partial charge on any atom is 0.223 e. The third kappa shape index (κ3) is 1.76. The van der Waals surface area contributed by atoms with Gasteiger partial charge in [-0.05, 0) is 6.92 Å². The highest BCUT2D eigenvalue weighted by Crippen LogP contribution is 2.26. The Balaban J connectivity index is 2.14. The summed E-state index contributed by atoms with van der Waals surface area (Å²) >= 11 is 1.47. The molecule has 1 aliphatic rings. The first-order valence-electron chi connectivity index (χ1n) is 4.26. The lowest BCUT2D eigenvalue weighted by Gasteiger charge is -2.32. The molecule has 5 heteroatoms. The third-order valence-corrected chi connectivity index (χ3v) is 2.96. The summed E-state index contributed by atoms with van der Waals surface area (Å²) in [4.78, 5) is 6.19. The lowest BCUT2D eigenvalue weighted by Crippen LogP contribution is -2.43. The number of nitrogens with zero attached hydrogens (tertiary/aromatic N) is 2. The normalized spacial score (nSPS) is 23.5. The number of morpholine rings is 1. The predicted molar refractivity (Wildman–Crippen MR) is 51.4 cm³/mol. The minimum Gasteiger partial charge on any atom is -0.493 e. The minimum absolute atomic E-state index is 0.110. The number of aromatic hydroxyl groups is 1. The fourth-order valence-corrected chi connectivity index (χ4v) is 2.22. The van der Waals surface area contributed by atoms with Gasteiger partial charge in [-0.3, -0.25) is 0 Å². The molecule has 1 fully saturated rings. The van der Waals surface area contributed by atoms with Crippen molar-refractivity contribution in [2.24, 2.45) is 0 Å². The van der Waals surface area contributed by atoms with Crippen molar-refractivity contribution in [2.45, 2.75) is 13.0 Å². The first-order chi connectivity index (χ1) is 6.27. The van der Waals surface area contributed by atoms with Crippen LogP contribution >= 0.6 is 11.3 Å². The van der Waals surface area contributed by atoms with Crippen LogP contribution in [0, 0.1) is 0 Å². The van der Waals surface area contributed by atoms with Crippen molar-refractivity contribution >= 4 is 16.5 Å². The molecule has 1 atom stereocenters. The van der Waals surface area contributed by atoms with Crippen molar-refractivity contribution in [1.82, 2.24) is 4.98 Å². The number of hydrogen-bond acceptors (Lipinski definition) is 5. The number of hydrogen-bond donors (Lipinski definition) is 1. The van der Waals surface area contributed by atoms with Crippen molar-refractivity contribution in [3.8, 4) is 5.88 Å². The molecule has 2 rings (SSSR count). The van der Waals surface area contributed by atoms with E-state index in [1.165, 1.54) is 11.3 Å². The van der Waals surface area contributed by atoms with E-state index in [1.54, 1.807) is 5.38 Å². The average molecular weight is 200 g/mol. The van der Waals surface area contributed by atoms with Gasteiger partial charge in [0.25, 0.3) is 0 Å². The highest BCUT2D eigenvalue weighted by atomic mass is 32.1. The summed E-state index contributed by atoms with van der Waals surface area (Å²) in [7, 11) is 0. The molecule has 2 heterocycles. The van der Waals surface area contributed by atoms with Crippen molar-refractivity contribution < 1.29 is 9.84 Å². The summed E-state index contributed by atoms with van der Waals surface area (Å²) in [6.07, 6.45) is 0. The van der Waals surface area contributed by atoms with Gasteiger partial charge in [-0.2, -0.15) is 4.98 Å². The van der Waals surface area contributed by atoms with Gasteiger partial charge in [0.1, 0.15) is 0 Å². The second kappa shape index (κ2) is 3.51. The quantitative estimate of drug-likeness (QED) is 0.736. The Morgan fingerprint density at radius 1 is 1.77 bits per heavy atom. The largest absolute Gasteiger partial charge is 0.493 e. The van der Waals surface area contributed by atoms with Gasteiger partial charge >= 0.3 is 0 Å². The molecule has 13 heavy (non-hydrogen) atoms. The van der Waals surface area contributed by atoms with E-state index in [1.807, 2.05) is 0 Å². The molecule has 1 aliphatic heterocycles. The summed E-state index contributed by atoms with van der Waals surface area (Å²) in [6.45, 7) is 4.43. The van der Waals surface area contributed by atoms with Crippen LogP contribution in [0.2, 0.25) is 0 Å². The van der Waals surface area contributed by atoms with E-state index in [0.29, 0.717) is 6.04 Å². The van der Waals surface area contributed by atoms with E-state index in [2.05, 4.69) is 16.8 Å². The molecule has 1 saturated heterocycles. The van der Waals surface area contributed by atoms with Crippen LogP contribution in [0.3, 0.4) is 0 Å². The van der Waals surface area contributed by atoms with Gasteiger partial charge in [0.15, 0.2) is 5.13 Å². The Morgan fingerprint density at radius 2 is 2.62 bits per heavy atom. The maximum atomic E-state index is 9.11. The van der Waals surface area contributed by atoms with Crippen LogP contribution in [0.4, 0.5) is 5.13 Å². The molecule has 4 nitrogen and oxygen atoms in total. The molecule has 0 aromatic carbocycles. The Kier molecular flexibility index (Phi) is 2.37. The van der Waals surface area contributed by atoms with Crippen LogP contribution in [0.15, 0.2) is 5.38 Å². The van der Waals surface area contributed by atoms with Crippen LogP contribution in [0.25, 0.3) is 0 Å². The second-order valence-corrected chi connectivity index (χ2v) is 3.94. The standard InChI is InChI=1S/C8H12N2O2S/c1-6-4-12-3-2-10(6)8-9-7(11)5-13-8/h5-6,11H,2-4H2,1H3. The van der Waals surface area contributed by atoms with E-state index in [-0.39, 0.29) is 5.88 Å². The molecular formula is C8H12N2O2S. The molecule has 1 aromatic rings. The van der Waals surface area contributed by atoms with Gasteiger partial charge in [-0.1, -0.05) is 0 Å². The van der Waals surface area contributed by atoms with Crippen molar-refractivity contribution in [1.29, 1.82) is 0 Å². The summed E-state index contributed by atoms with van der Waals surface area (Å²) in [6, 6.07) is 0.347.